The molecule has 0 spiro atoms. The highest BCUT2D eigenvalue weighted by Crippen LogP contribution is 2.15. The Balaban J connectivity index is 2.07. The molecule has 0 bridgehead atoms. The van der Waals surface area contributed by atoms with Gasteiger partial charge in [-0.25, -0.2) is 4.79 Å². The van der Waals surface area contributed by atoms with E-state index in [0.717, 1.165) is 12.1 Å². The number of carbonyl (C=O) groups excluding carboxylic acids is 1. The van der Waals surface area contributed by atoms with Gasteiger partial charge in [-0.15, -0.1) is 0 Å². The molecule has 9 nitrogen and oxygen atoms in total. The number of carbonyl (C=O) groups is 1. The number of aromatic nitrogens is 2. The van der Waals surface area contributed by atoms with Crippen LogP contribution in [0.15, 0.2) is 6.07 Å². The summed E-state index contributed by atoms with van der Waals surface area (Å²) >= 11 is 0. The maximum Gasteiger partial charge on any atom is 0.319 e. The molecule has 10 heteroatoms. The summed E-state index contributed by atoms with van der Waals surface area (Å²) in [6.07, 6.45) is 0.815. The van der Waals surface area contributed by atoms with Crippen molar-refractivity contribution >= 4 is 16.2 Å². The minimum atomic E-state index is -3.54. The molecule has 0 saturated carbocycles. The van der Waals surface area contributed by atoms with Crippen LogP contribution in [0.3, 0.4) is 0 Å². The van der Waals surface area contributed by atoms with E-state index in [1.165, 1.54) is 4.31 Å². The molecule has 1 aliphatic rings. The molecule has 0 saturated heterocycles. The molecule has 0 unspecified atom stereocenters. The van der Waals surface area contributed by atoms with Crippen LogP contribution in [-0.2, 0) is 29.8 Å². The first-order chi connectivity index (χ1) is 11.6. The van der Waals surface area contributed by atoms with Crippen molar-refractivity contribution in [3.05, 3.63) is 17.5 Å². The number of nitrogens with one attached hydrogen (secondary N) is 1. The van der Waals surface area contributed by atoms with Gasteiger partial charge in [-0.05, 0) is 26.3 Å². The van der Waals surface area contributed by atoms with Crippen LogP contribution >= 0.6 is 0 Å². The first-order valence-corrected chi connectivity index (χ1v) is 9.80. The van der Waals surface area contributed by atoms with E-state index < -0.39 is 10.2 Å². The van der Waals surface area contributed by atoms with E-state index in [1.807, 2.05) is 24.6 Å². The number of fused-ring (bicyclic) bond motifs is 1. The second-order valence-electron chi connectivity index (χ2n) is 6.74. The third kappa shape index (κ3) is 4.71. The Bertz CT molecular complexity index is 713. The zero-order chi connectivity index (χ0) is 18.8. The van der Waals surface area contributed by atoms with Crippen molar-refractivity contribution < 1.29 is 13.2 Å². The fraction of sp³-hybridized carbons (Fsp3) is 0.733. The smallest absolute Gasteiger partial charge is 0.319 e. The van der Waals surface area contributed by atoms with Gasteiger partial charge in [0.1, 0.15) is 0 Å². The molecule has 2 heterocycles. The van der Waals surface area contributed by atoms with Crippen molar-refractivity contribution in [3.8, 4) is 0 Å². The zero-order valence-electron chi connectivity index (χ0n) is 15.6. The largest absolute Gasteiger partial charge is 0.331 e. The molecule has 25 heavy (non-hydrogen) atoms. The molecule has 1 aromatic rings. The van der Waals surface area contributed by atoms with Gasteiger partial charge in [0, 0.05) is 40.3 Å². The Hall–Kier alpha value is -1.65. The number of aryl methyl sites for hydroxylation is 1. The lowest BCUT2D eigenvalue weighted by atomic mass is 10.3. The van der Waals surface area contributed by atoms with Crippen LogP contribution in [0.2, 0.25) is 0 Å². The Kier molecular flexibility index (Phi) is 6.07. The molecule has 0 atom stereocenters. The molecule has 142 valence electrons. The number of urea groups is 1. The zero-order valence-corrected chi connectivity index (χ0v) is 16.4. The predicted octanol–water partition coefficient (Wildman–Crippen LogP) is 0.445. The van der Waals surface area contributed by atoms with E-state index in [-0.39, 0.29) is 18.6 Å². The van der Waals surface area contributed by atoms with Gasteiger partial charge < -0.3 is 9.80 Å². The summed E-state index contributed by atoms with van der Waals surface area (Å²) in [5, 5.41) is 4.48. The van der Waals surface area contributed by atoms with Crippen molar-refractivity contribution in [2.75, 3.05) is 27.7 Å². The van der Waals surface area contributed by atoms with Crippen LogP contribution in [0, 0.1) is 0 Å². The molecule has 0 aromatic carbocycles. The lowest BCUT2D eigenvalue weighted by Gasteiger charge is -2.24. The second-order valence-corrected chi connectivity index (χ2v) is 8.55. The van der Waals surface area contributed by atoms with Gasteiger partial charge in [-0.1, -0.05) is 0 Å². The molecule has 2 rings (SSSR count). The molecular formula is C15H28N6O3S. The van der Waals surface area contributed by atoms with Crippen LogP contribution in [0.1, 0.15) is 31.7 Å². The van der Waals surface area contributed by atoms with E-state index in [0.29, 0.717) is 25.3 Å². The highest BCUT2D eigenvalue weighted by molar-refractivity contribution is 7.87. The van der Waals surface area contributed by atoms with Crippen LogP contribution in [0.5, 0.6) is 0 Å². The molecule has 0 radical (unpaired) electrons. The van der Waals surface area contributed by atoms with Crippen LogP contribution < -0.4 is 4.72 Å². The molecular weight excluding hydrogens is 344 g/mol. The van der Waals surface area contributed by atoms with Crippen molar-refractivity contribution in [2.45, 2.75) is 45.9 Å². The first kappa shape index (κ1) is 19.7. The van der Waals surface area contributed by atoms with Crippen LogP contribution in [0.4, 0.5) is 4.79 Å². The minimum absolute atomic E-state index is 0.0320. The Morgan fingerprint density at radius 3 is 2.60 bits per heavy atom. The fourth-order valence-corrected chi connectivity index (χ4v) is 3.69. The summed E-state index contributed by atoms with van der Waals surface area (Å²) in [5.74, 6) is 0. The molecule has 1 aromatic heterocycles. The Morgan fingerprint density at radius 2 is 2.00 bits per heavy atom. The van der Waals surface area contributed by atoms with Crippen molar-refractivity contribution in [2.24, 2.45) is 0 Å². The Morgan fingerprint density at radius 1 is 1.32 bits per heavy atom. The lowest BCUT2D eigenvalue weighted by molar-refractivity contribution is 0.169. The number of hydrogen-bond acceptors (Lipinski definition) is 4. The average molecular weight is 372 g/mol. The molecule has 0 fully saturated rings. The fourth-order valence-electron chi connectivity index (χ4n) is 2.60. The first-order valence-electron chi connectivity index (χ1n) is 8.36. The minimum Gasteiger partial charge on any atom is -0.331 e. The number of hydrogen-bond donors (Lipinski definition) is 1. The normalized spacial score (nSPS) is 15.4. The Labute approximate surface area is 149 Å². The maximum atomic E-state index is 12.2. The molecule has 0 aliphatic carbocycles. The molecule has 1 aliphatic heterocycles. The predicted molar refractivity (Wildman–Crippen MR) is 95.0 cm³/mol. The van der Waals surface area contributed by atoms with Crippen molar-refractivity contribution in [1.82, 2.24) is 28.6 Å². The summed E-state index contributed by atoms with van der Waals surface area (Å²) in [4.78, 5) is 15.5. The molecule has 1 N–H and O–H groups in total. The maximum absolute atomic E-state index is 12.2. The standard InChI is InChI=1S/C15H28N6O3S/c1-12(2)19(5)25(23,24)16-10-13-9-14-11-20(15(22)18(3)4)7-6-8-21(14)17-13/h9,12,16H,6-8,10-11H2,1-5H3. The summed E-state index contributed by atoms with van der Waals surface area (Å²) in [6, 6.07) is 1.70. The van der Waals surface area contributed by atoms with E-state index in [4.69, 9.17) is 0 Å². The topological polar surface area (TPSA) is 90.8 Å². The van der Waals surface area contributed by atoms with Crippen molar-refractivity contribution in [3.63, 3.8) is 0 Å². The van der Waals surface area contributed by atoms with E-state index in [1.54, 1.807) is 30.9 Å². The van der Waals surface area contributed by atoms with E-state index in [9.17, 15) is 13.2 Å². The van der Waals surface area contributed by atoms with Gasteiger partial charge in [0.25, 0.3) is 10.2 Å². The number of amides is 2. The lowest BCUT2D eigenvalue weighted by Crippen LogP contribution is -2.41. The van der Waals surface area contributed by atoms with E-state index >= 15 is 0 Å². The highest BCUT2D eigenvalue weighted by atomic mass is 32.2. The number of nitrogens with zero attached hydrogens (tertiary/aromatic N) is 5. The number of rotatable bonds is 5. The SMILES string of the molecule is CC(C)N(C)S(=O)(=O)NCc1cc2n(n1)CCCN(C(=O)N(C)C)C2. The van der Waals surface area contributed by atoms with Gasteiger partial charge in [0.05, 0.1) is 24.5 Å². The average Bonchev–Trinajstić information content (AvgIpc) is 2.82. The second kappa shape index (κ2) is 7.71. The van der Waals surface area contributed by atoms with Gasteiger partial charge in [0.2, 0.25) is 0 Å². The quantitative estimate of drug-likeness (QED) is 0.812. The monoisotopic (exact) mass is 372 g/mol. The van der Waals surface area contributed by atoms with Gasteiger partial charge in [-0.3, -0.25) is 4.68 Å². The summed E-state index contributed by atoms with van der Waals surface area (Å²) in [6.45, 7) is 5.62. The summed E-state index contributed by atoms with van der Waals surface area (Å²) in [7, 11) is 1.47. The highest BCUT2D eigenvalue weighted by Gasteiger charge is 2.23. The van der Waals surface area contributed by atoms with Crippen LogP contribution in [0.25, 0.3) is 0 Å². The summed E-state index contributed by atoms with van der Waals surface area (Å²) < 4.78 is 30.1. The van der Waals surface area contributed by atoms with Crippen LogP contribution in [-0.4, -0.2) is 72.1 Å². The van der Waals surface area contributed by atoms with E-state index in [2.05, 4.69) is 9.82 Å². The third-order valence-electron chi connectivity index (χ3n) is 4.26. The van der Waals surface area contributed by atoms with Gasteiger partial charge >= 0.3 is 6.03 Å². The molecule has 2 amide bonds. The van der Waals surface area contributed by atoms with Gasteiger partial charge in [-0.2, -0.15) is 22.5 Å². The van der Waals surface area contributed by atoms with Crippen molar-refractivity contribution in [1.29, 1.82) is 0 Å². The van der Waals surface area contributed by atoms with Gasteiger partial charge in [0.15, 0.2) is 0 Å². The summed E-state index contributed by atoms with van der Waals surface area (Å²) in [5.41, 5.74) is 1.56. The third-order valence-corrected chi connectivity index (χ3v) is 5.95.